The summed E-state index contributed by atoms with van der Waals surface area (Å²) in [4.78, 5) is 17.4. The SMILES string of the molecule is CC.CC(C)c1ccc(O)c(C(=O)N2Cc3ccc(CN4CCCCC4)cc3C2)c1. The number of phenolic OH excluding ortho intramolecular Hbond substituents is 1. The van der Waals surface area contributed by atoms with Crippen molar-refractivity contribution >= 4 is 5.91 Å². The Morgan fingerprint density at radius 1 is 0.967 bits per heavy atom. The minimum absolute atomic E-state index is 0.0659. The van der Waals surface area contributed by atoms with Crippen molar-refractivity contribution in [1.29, 1.82) is 0 Å². The van der Waals surface area contributed by atoms with E-state index in [1.165, 1.54) is 49.0 Å². The summed E-state index contributed by atoms with van der Waals surface area (Å²) in [7, 11) is 0. The van der Waals surface area contributed by atoms with Crippen LogP contribution in [0.25, 0.3) is 0 Å². The number of nitrogens with zero attached hydrogens (tertiary/aromatic N) is 2. The number of aromatic hydroxyl groups is 1. The van der Waals surface area contributed by atoms with Crippen molar-refractivity contribution in [3.8, 4) is 5.75 Å². The van der Waals surface area contributed by atoms with Gasteiger partial charge in [0.15, 0.2) is 0 Å². The number of likely N-dealkylation sites (tertiary alicyclic amines) is 1. The molecule has 1 N–H and O–H groups in total. The molecule has 1 amide bonds. The predicted molar refractivity (Wildman–Crippen MR) is 123 cm³/mol. The fourth-order valence-electron chi connectivity index (χ4n) is 4.32. The molecule has 0 aliphatic carbocycles. The molecule has 2 aliphatic heterocycles. The number of phenols is 1. The molecule has 0 bridgehead atoms. The number of hydrogen-bond donors (Lipinski definition) is 1. The van der Waals surface area contributed by atoms with Gasteiger partial charge in [-0.3, -0.25) is 9.69 Å². The maximum Gasteiger partial charge on any atom is 0.258 e. The Balaban J connectivity index is 0.00000124. The smallest absolute Gasteiger partial charge is 0.258 e. The summed E-state index contributed by atoms with van der Waals surface area (Å²) in [6, 6.07) is 12.0. The van der Waals surface area contributed by atoms with Crippen LogP contribution in [0.15, 0.2) is 36.4 Å². The van der Waals surface area contributed by atoms with E-state index in [2.05, 4.69) is 36.9 Å². The van der Waals surface area contributed by atoms with Crippen molar-refractivity contribution < 1.29 is 9.90 Å². The second-order valence-corrected chi connectivity index (χ2v) is 8.53. The number of amides is 1. The van der Waals surface area contributed by atoms with Gasteiger partial charge in [-0.05, 0) is 66.2 Å². The summed E-state index contributed by atoms with van der Waals surface area (Å²) in [5.41, 5.74) is 5.27. The Hall–Kier alpha value is -2.33. The van der Waals surface area contributed by atoms with Crippen LogP contribution in [-0.2, 0) is 19.6 Å². The third-order valence-corrected chi connectivity index (χ3v) is 6.05. The fourth-order valence-corrected chi connectivity index (χ4v) is 4.32. The first-order chi connectivity index (χ1) is 14.5. The zero-order valence-corrected chi connectivity index (χ0v) is 18.9. The normalized spacial score (nSPS) is 16.2. The molecule has 4 rings (SSSR count). The van der Waals surface area contributed by atoms with E-state index in [9.17, 15) is 9.90 Å². The molecule has 2 heterocycles. The van der Waals surface area contributed by atoms with E-state index in [4.69, 9.17) is 0 Å². The van der Waals surface area contributed by atoms with Gasteiger partial charge in [0.05, 0.1) is 5.56 Å². The fraction of sp³-hybridized carbons (Fsp3) is 0.500. The van der Waals surface area contributed by atoms with Crippen molar-refractivity contribution in [3.63, 3.8) is 0 Å². The second kappa shape index (κ2) is 10.1. The highest BCUT2D eigenvalue weighted by Gasteiger charge is 2.26. The maximum absolute atomic E-state index is 13.1. The van der Waals surface area contributed by atoms with Crippen molar-refractivity contribution in [2.24, 2.45) is 0 Å². The summed E-state index contributed by atoms with van der Waals surface area (Å²) in [6.07, 6.45) is 3.95. The third-order valence-electron chi connectivity index (χ3n) is 6.05. The van der Waals surface area contributed by atoms with Crippen molar-refractivity contribution in [1.82, 2.24) is 9.80 Å². The van der Waals surface area contributed by atoms with Gasteiger partial charge in [0.1, 0.15) is 5.75 Å². The molecule has 0 spiro atoms. The molecule has 0 radical (unpaired) electrons. The minimum Gasteiger partial charge on any atom is -0.507 e. The number of fused-ring (bicyclic) bond motifs is 1. The summed E-state index contributed by atoms with van der Waals surface area (Å²) in [5.74, 6) is 0.296. The molecular weight excluding hydrogens is 372 g/mol. The van der Waals surface area contributed by atoms with Gasteiger partial charge in [-0.2, -0.15) is 0 Å². The average Bonchev–Trinajstić information content (AvgIpc) is 3.19. The summed E-state index contributed by atoms with van der Waals surface area (Å²) in [5, 5.41) is 10.2. The van der Waals surface area contributed by atoms with Crippen LogP contribution in [0.5, 0.6) is 5.75 Å². The Morgan fingerprint density at radius 2 is 1.67 bits per heavy atom. The van der Waals surface area contributed by atoms with Crippen LogP contribution in [0.3, 0.4) is 0 Å². The predicted octanol–water partition coefficient (Wildman–Crippen LogP) is 5.68. The highest BCUT2D eigenvalue weighted by atomic mass is 16.3. The molecule has 4 nitrogen and oxygen atoms in total. The van der Waals surface area contributed by atoms with Crippen LogP contribution in [0.2, 0.25) is 0 Å². The first-order valence-electron chi connectivity index (χ1n) is 11.5. The van der Waals surface area contributed by atoms with E-state index < -0.39 is 0 Å². The third kappa shape index (κ3) is 5.04. The van der Waals surface area contributed by atoms with Crippen LogP contribution < -0.4 is 0 Å². The Kier molecular flexibility index (Phi) is 7.54. The van der Waals surface area contributed by atoms with E-state index in [1.54, 1.807) is 6.07 Å². The number of hydrogen-bond acceptors (Lipinski definition) is 3. The summed E-state index contributed by atoms with van der Waals surface area (Å²) < 4.78 is 0. The van der Waals surface area contributed by atoms with Gasteiger partial charge in [0.2, 0.25) is 0 Å². The summed E-state index contributed by atoms with van der Waals surface area (Å²) >= 11 is 0. The van der Waals surface area contributed by atoms with Crippen molar-refractivity contribution in [2.45, 2.75) is 72.5 Å². The molecule has 1 fully saturated rings. The summed E-state index contributed by atoms with van der Waals surface area (Å²) in [6.45, 7) is 12.8. The van der Waals surface area contributed by atoms with Gasteiger partial charge < -0.3 is 10.0 Å². The van der Waals surface area contributed by atoms with Gasteiger partial charge in [0.25, 0.3) is 5.91 Å². The largest absolute Gasteiger partial charge is 0.507 e. The van der Waals surface area contributed by atoms with Gasteiger partial charge in [0, 0.05) is 19.6 Å². The van der Waals surface area contributed by atoms with Crippen LogP contribution in [0.1, 0.15) is 85.5 Å². The molecule has 2 aromatic carbocycles. The number of carbonyl (C=O) groups is 1. The lowest BCUT2D eigenvalue weighted by atomic mass is 10.00. The van der Waals surface area contributed by atoms with E-state index in [0.717, 1.165) is 12.1 Å². The highest BCUT2D eigenvalue weighted by molar-refractivity contribution is 5.97. The average molecular weight is 409 g/mol. The molecule has 0 atom stereocenters. The first-order valence-corrected chi connectivity index (χ1v) is 11.5. The zero-order chi connectivity index (χ0) is 21.7. The van der Waals surface area contributed by atoms with Gasteiger partial charge in [-0.1, -0.05) is 58.4 Å². The van der Waals surface area contributed by atoms with Gasteiger partial charge in [-0.15, -0.1) is 0 Å². The molecule has 0 aromatic heterocycles. The van der Waals surface area contributed by atoms with Gasteiger partial charge >= 0.3 is 0 Å². The second-order valence-electron chi connectivity index (χ2n) is 8.53. The number of benzene rings is 2. The van der Waals surface area contributed by atoms with Crippen LogP contribution in [0.4, 0.5) is 0 Å². The lowest BCUT2D eigenvalue weighted by Gasteiger charge is -2.26. The minimum atomic E-state index is -0.0891. The number of piperidine rings is 1. The molecule has 162 valence electrons. The molecule has 0 saturated carbocycles. The quantitative estimate of drug-likeness (QED) is 0.707. The van der Waals surface area contributed by atoms with E-state index in [0.29, 0.717) is 24.6 Å². The molecule has 4 heteroatoms. The topological polar surface area (TPSA) is 43.8 Å². The van der Waals surface area contributed by atoms with Crippen molar-refractivity contribution in [3.05, 3.63) is 64.2 Å². The highest BCUT2D eigenvalue weighted by Crippen LogP contribution is 2.30. The Morgan fingerprint density at radius 3 is 2.37 bits per heavy atom. The molecule has 2 aliphatic rings. The Bertz CT molecular complexity index is 869. The molecular formula is C26H36N2O2. The number of rotatable bonds is 4. The Labute approximate surface area is 181 Å². The van der Waals surface area contributed by atoms with Crippen molar-refractivity contribution in [2.75, 3.05) is 13.1 Å². The lowest BCUT2D eigenvalue weighted by Crippen LogP contribution is -2.29. The molecule has 1 saturated heterocycles. The van der Waals surface area contributed by atoms with Crippen LogP contribution in [-0.4, -0.2) is 33.9 Å². The van der Waals surface area contributed by atoms with Crippen LogP contribution in [0, 0.1) is 0 Å². The van der Waals surface area contributed by atoms with Crippen LogP contribution >= 0.6 is 0 Å². The van der Waals surface area contributed by atoms with E-state index >= 15 is 0 Å². The lowest BCUT2D eigenvalue weighted by molar-refractivity contribution is 0.0748. The van der Waals surface area contributed by atoms with E-state index in [1.807, 2.05) is 30.9 Å². The van der Waals surface area contributed by atoms with E-state index in [-0.39, 0.29) is 11.7 Å². The zero-order valence-electron chi connectivity index (χ0n) is 18.9. The standard InChI is InChI=1S/C24H30N2O2.C2H6/c1-17(2)19-8-9-23(27)22(13-19)24(28)26-15-20-7-6-18(12-21(20)16-26)14-25-10-4-3-5-11-25;1-2/h6-9,12-13,17,27H,3-5,10-11,14-16H2,1-2H3;1-2H3. The molecule has 30 heavy (non-hydrogen) atoms. The maximum atomic E-state index is 13.1. The molecule has 0 unspecified atom stereocenters. The first kappa shape index (κ1) is 22.4. The number of carbonyl (C=O) groups excluding carboxylic acids is 1. The molecule has 2 aromatic rings. The van der Waals surface area contributed by atoms with Gasteiger partial charge in [-0.25, -0.2) is 0 Å². The monoisotopic (exact) mass is 408 g/mol.